The number of ether oxygens (including phenoxy) is 2. The van der Waals surface area contributed by atoms with E-state index in [9.17, 15) is 9.59 Å². The van der Waals surface area contributed by atoms with Crippen LogP contribution < -0.4 is 4.90 Å². The second-order valence-corrected chi connectivity index (χ2v) is 4.82. The second-order valence-electron chi connectivity index (χ2n) is 4.82. The molecule has 108 valence electrons. The van der Waals surface area contributed by atoms with Crippen LogP contribution >= 0.6 is 0 Å². The molecular weight excluding hydrogens is 258 g/mol. The lowest BCUT2D eigenvalue weighted by atomic mass is 10.0. The third-order valence-electron chi connectivity index (χ3n) is 3.20. The van der Waals surface area contributed by atoms with Crippen molar-refractivity contribution in [1.82, 2.24) is 0 Å². The van der Waals surface area contributed by atoms with E-state index in [0.29, 0.717) is 6.42 Å². The zero-order valence-electron chi connectivity index (χ0n) is 11.7. The Labute approximate surface area is 118 Å². The predicted molar refractivity (Wildman–Crippen MR) is 74.1 cm³/mol. The molecule has 5 nitrogen and oxygen atoms in total. The number of nitrogens with zero attached hydrogens (tertiary/aromatic N) is 1. The maximum atomic E-state index is 11.3. The molecule has 2 atom stereocenters. The highest BCUT2D eigenvalue weighted by molar-refractivity contribution is 5.68. The first-order chi connectivity index (χ1) is 9.58. The predicted octanol–water partition coefficient (Wildman–Crippen LogP) is 2.11. The molecule has 0 unspecified atom stereocenters. The van der Waals surface area contributed by atoms with Gasteiger partial charge in [0.2, 0.25) is 6.23 Å². The molecule has 20 heavy (non-hydrogen) atoms. The molecule has 1 fully saturated rings. The standard InChI is InChI=1S/C15H19NO4/c1-11(17)19-14-9-6-10-16(15(14)20-12(2)18)13-7-4-3-5-8-13/h3-5,7-8,14-15H,6,9-10H2,1-2H3/t14-,15-/m1/s1. The van der Waals surface area contributed by atoms with Crippen LogP contribution in [0, 0.1) is 0 Å². The number of carbonyl (C=O) groups is 2. The first-order valence-corrected chi connectivity index (χ1v) is 6.74. The van der Waals surface area contributed by atoms with Crippen molar-refractivity contribution in [2.24, 2.45) is 0 Å². The van der Waals surface area contributed by atoms with Crippen LogP contribution in [0.3, 0.4) is 0 Å². The SMILES string of the molecule is CC(=O)O[C@@H]1[C@H](OC(C)=O)CCCN1c1ccccc1. The number of benzene rings is 1. The van der Waals surface area contributed by atoms with Gasteiger partial charge in [-0.05, 0) is 25.0 Å². The van der Waals surface area contributed by atoms with Crippen LogP contribution in [-0.4, -0.2) is 30.8 Å². The minimum Gasteiger partial charge on any atom is -0.456 e. The number of hydrogen-bond donors (Lipinski definition) is 0. The van der Waals surface area contributed by atoms with Gasteiger partial charge in [0.15, 0.2) is 6.10 Å². The molecule has 1 heterocycles. The molecular formula is C15H19NO4. The molecule has 0 radical (unpaired) electrons. The zero-order valence-corrected chi connectivity index (χ0v) is 11.7. The molecule has 1 aromatic carbocycles. The van der Waals surface area contributed by atoms with Crippen molar-refractivity contribution in [3.8, 4) is 0 Å². The van der Waals surface area contributed by atoms with Crippen molar-refractivity contribution in [2.75, 3.05) is 11.4 Å². The molecule has 0 bridgehead atoms. The average Bonchev–Trinajstić information content (AvgIpc) is 2.40. The number of anilines is 1. The summed E-state index contributed by atoms with van der Waals surface area (Å²) >= 11 is 0. The lowest BCUT2D eigenvalue weighted by molar-refractivity contribution is -0.167. The average molecular weight is 277 g/mol. The smallest absolute Gasteiger partial charge is 0.304 e. The van der Waals surface area contributed by atoms with Gasteiger partial charge in [0.1, 0.15) is 0 Å². The Kier molecular flexibility index (Phi) is 4.61. The number of piperidine rings is 1. The van der Waals surface area contributed by atoms with E-state index in [1.54, 1.807) is 0 Å². The normalized spacial score (nSPS) is 22.2. The van der Waals surface area contributed by atoms with Crippen LogP contribution in [0.4, 0.5) is 5.69 Å². The summed E-state index contributed by atoms with van der Waals surface area (Å²) in [5, 5.41) is 0. The van der Waals surface area contributed by atoms with Gasteiger partial charge in [-0.2, -0.15) is 0 Å². The fourth-order valence-electron chi connectivity index (χ4n) is 2.47. The molecule has 0 saturated carbocycles. The summed E-state index contributed by atoms with van der Waals surface area (Å²) in [7, 11) is 0. The van der Waals surface area contributed by atoms with Gasteiger partial charge in [0.25, 0.3) is 0 Å². The van der Waals surface area contributed by atoms with E-state index in [-0.39, 0.29) is 11.9 Å². The number of para-hydroxylation sites is 1. The summed E-state index contributed by atoms with van der Waals surface area (Å²) in [6.07, 6.45) is 0.587. The first kappa shape index (κ1) is 14.4. The van der Waals surface area contributed by atoms with E-state index in [2.05, 4.69) is 0 Å². The van der Waals surface area contributed by atoms with E-state index < -0.39 is 12.3 Å². The topological polar surface area (TPSA) is 55.8 Å². The Bertz CT molecular complexity index is 474. The molecule has 1 aliphatic rings. The van der Waals surface area contributed by atoms with Crippen LogP contribution in [0.1, 0.15) is 26.7 Å². The molecule has 0 aliphatic carbocycles. The fraction of sp³-hybridized carbons (Fsp3) is 0.467. The Morgan fingerprint density at radius 1 is 1.10 bits per heavy atom. The molecule has 2 rings (SSSR count). The monoisotopic (exact) mass is 277 g/mol. The molecule has 1 saturated heterocycles. The Morgan fingerprint density at radius 3 is 2.35 bits per heavy atom. The highest BCUT2D eigenvalue weighted by Crippen LogP contribution is 2.27. The van der Waals surface area contributed by atoms with E-state index in [1.165, 1.54) is 13.8 Å². The van der Waals surface area contributed by atoms with Crippen LogP contribution in [0.5, 0.6) is 0 Å². The van der Waals surface area contributed by atoms with Crippen molar-refractivity contribution in [2.45, 2.75) is 39.0 Å². The molecule has 0 N–H and O–H groups in total. The number of hydrogen-bond acceptors (Lipinski definition) is 5. The summed E-state index contributed by atoms with van der Waals surface area (Å²) in [5.41, 5.74) is 0.954. The quantitative estimate of drug-likeness (QED) is 0.792. The lowest BCUT2D eigenvalue weighted by Gasteiger charge is -2.40. The molecule has 0 amide bonds. The maximum absolute atomic E-state index is 11.3. The van der Waals surface area contributed by atoms with Crippen molar-refractivity contribution >= 4 is 17.6 Å². The molecule has 1 aromatic rings. The van der Waals surface area contributed by atoms with Crippen molar-refractivity contribution in [3.05, 3.63) is 30.3 Å². The Morgan fingerprint density at radius 2 is 1.75 bits per heavy atom. The maximum Gasteiger partial charge on any atom is 0.304 e. The Hall–Kier alpha value is -2.04. The summed E-state index contributed by atoms with van der Waals surface area (Å²) in [6, 6.07) is 9.68. The minimum atomic E-state index is -0.562. The van der Waals surface area contributed by atoms with Crippen LogP contribution in [0.25, 0.3) is 0 Å². The van der Waals surface area contributed by atoms with Crippen LogP contribution in [-0.2, 0) is 19.1 Å². The van der Waals surface area contributed by atoms with Gasteiger partial charge in [-0.3, -0.25) is 9.59 Å². The van der Waals surface area contributed by atoms with E-state index in [1.807, 2.05) is 35.2 Å². The first-order valence-electron chi connectivity index (χ1n) is 6.74. The highest BCUT2D eigenvalue weighted by Gasteiger charge is 2.36. The summed E-state index contributed by atoms with van der Waals surface area (Å²) < 4.78 is 10.7. The summed E-state index contributed by atoms with van der Waals surface area (Å²) in [5.74, 6) is -0.739. The second kappa shape index (κ2) is 6.41. The number of rotatable bonds is 3. The van der Waals surface area contributed by atoms with Crippen molar-refractivity contribution in [3.63, 3.8) is 0 Å². The highest BCUT2D eigenvalue weighted by atomic mass is 16.6. The molecule has 0 aromatic heterocycles. The third-order valence-corrected chi connectivity index (χ3v) is 3.20. The summed E-state index contributed by atoms with van der Waals surface area (Å²) in [4.78, 5) is 24.5. The van der Waals surface area contributed by atoms with Gasteiger partial charge >= 0.3 is 11.9 Å². The van der Waals surface area contributed by atoms with E-state index >= 15 is 0 Å². The van der Waals surface area contributed by atoms with Crippen molar-refractivity contribution < 1.29 is 19.1 Å². The molecule has 5 heteroatoms. The summed E-state index contributed by atoms with van der Waals surface area (Å²) in [6.45, 7) is 3.49. The van der Waals surface area contributed by atoms with Gasteiger partial charge in [0.05, 0.1) is 0 Å². The molecule has 0 spiro atoms. The van der Waals surface area contributed by atoms with Gasteiger partial charge in [-0.25, -0.2) is 0 Å². The van der Waals surface area contributed by atoms with Gasteiger partial charge < -0.3 is 14.4 Å². The number of carbonyl (C=O) groups excluding carboxylic acids is 2. The van der Waals surface area contributed by atoms with Crippen LogP contribution in [0.15, 0.2) is 30.3 Å². The van der Waals surface area contributed by atoms with Crippen molar-refractivity contribution in [1.29, 1.82) is 0 Å². The molecule has 1 aliphatic heterocycles. The largest absolute Gasteiger partial charge is 0.456 e. The minimum absolute atomic E-state index is 0.359. The van der Waals surface area contributed by atoms with Crippen LogP contribution in [0.2, 0.25) is 0 Å². The number of esters is 2. The fourth-order valence-corrected chi connectivity index (χ4v) is 2.47. The third kappa shape index (κ3) is 3.50. The van der Waals surface area contributed by atoms with Gasteiger partial charge in [0, 0.05) is 26.1 Å². The van der Waals surface area contributed by atoms with Gasteiger partial charge in [-0.1, -0.05) is 18.2 Å². The lowest BCUT2D eigenvalue weighted by Crippen LogP contribution is -2.52. The zero-order chi connectivity index (χ0) is 14.5. The van der Waals surface area contributed by atoms with E-state index in [0.717, 1.165) is 18.7 Å². The Balaban J connectivity index is 2.23. The van der Waals surface area contributed by atoms with E-state index in [4.69, 9.17) is 9.47 Å². The van der Waals surface area contributed by atoms with Gasteiger partial charge in [-0.15, -0.1) is 0 Å².